The maximum absolute atomic E-state index is 15.1. The van der Waals surface area contributed by atoms with E-state index in [4.69, 9.17) is 13.9 Å². The molecule has 4 heterocycles. The largest absolute Gasteiger partial charge is 0.465 e. The van der Waals surface area contributed by atoms with Crippen LogP contribution in [0.25, 0.3) is 11.3 Å². The second-order valence-corrected chi connectivity index (χ2v) is 19.1. The van der Waals surface area contributed by atoms with Crippen molar-refractivity contribution in [2.45, 2.75) is 77.0 Å². The minimum atomic E-state index is -2.11. The molecule has 3 aromatic rings. The average Bonchev–Trinajstić information content (AvgIpc) is 3.58. The zero-order valence-corrected chi connectivity index (χ0v) is 28.9. The van der Waals surface area contributed by atoms with Crippen LogP contribution in [0.15, 0.2) is 48.5 Å². The molecule has 2 atom stereocenters. The Labute approximate surface area is 272 Å². The fourth-order valence-electron chi connectivity index (χ4n) is 6.82. The summed E-state index contributed by atoms with van der Waals surface area (Å²) in [5.74, 6) is -1.04. The first-order chi connectivity index (χ1) is 21.9. The van der Waals surface area contributed by atoms with Crippen molar-refractivity contribution in [3.8, 4) is 11.3 Å². The Morgan fingerprint density at radius 3 is 2.41 bits per heavy atom. The highest BCUT2D eigenvalue weighted by Gasteiger charge is 2.42. The Bertz CT molecular complexity index is 1620. The highest BCUT2D eigenvalue weighted by Crippen LogP contribution is 2.41. The Hall–Kier alpha value is -3.31. The zero-order chi connectivity index (χ0) is 32.8. The molecule has 3 aliphatic heterocycles. The number of fused-ring (bicyclic) bond motifs is 2. The van der Waals surface area contributed by atoms with Gasteiger partial charge in [0.05, 0.1) is 37.7 Å². The number of hydrogen-bond acceptors (Lipinski definition) is 6. The third-order valence-electron chi connectivity index (χ3n) is 10.4. The number of carbonyl (C=O) groups excluding carboxylic acids is 2. The molecule has 2 aromatic carbocycles. The standard InChI is InChI=1S/C36H46FN3O5Si/c1-36(2,3)46(5,6)45-28-19-32-31(35(42)43-4)20-33(40(32)23-28)30-18-26(37)11-12-29(30)34(41)39-21-25-10-8-7-9-24(25)17-27(39)22-38-13-15-44-16-14-38/h7-12,18,20,27-28H,13-17,19,21-23H2,1-6H3/t27-,28+/m0/s1. The van der Waals surface area contributed by atoms with Crippen LogP contribution in [-0.2, 0) is 39.8 Å². The summed E-state index contributed by atoms with van der Waals surface area (Å²) in [6, 6.07) is 14.4. The second-order valence-electron chi connectivity index (χ2n) is 14.4. The number of ether oxygens (including phenoxy) is 2. The molecule has 1 aromatic heterocycles. The molecule has 0 unspecified atom stereocenters. The summed E-state index contributed by atoms with van der Waals surface area (Å²) in [6.45, 7) is 15.8. The van der Waals surface area contributed by atoms with Gasteiger partial charge in [0.15, 0.2) is 8.32 Å². The number of esters is 1. The lowest BCUT2D eigenvalue weighted by molar-refractivity contribution is 0.0193. The van der Waals surface area contributed by atoms with Crippen molar-refractivity contribution in [1.29, 1.82) is 0 Å². The lowest BCUT2D eigenvalue weighted by atomic mass is 9.92. The first kappa shape index (κ1) is 32.6. The highest BCUT2D eigenvalue weighted by atomic mass is 28.4. The van der Waals surface area contributed by atoms with E-state index in [0.717, 1.165) is 37.3 Å². The van der Waals surface area contributed by atoms with Gasteiger partial charge in [-0.05, 0) is 59.9 Å². The molecule has 246 valence electrons. The fraction of sp³-hybridized carbons (Fsp3) is 0.500. The smallest absolute Gasteiger partial charge is 0.339 e. The number of methoxy groups -OCH3 is 1. The van der Waals surface area contributed by atoms with Crippen LogP contribution in [0.5, 0.6) is 0 Å². The first-order valence-corrected chi connectivity index (χ1v) is 19.2. The molecule has 0 aliphatic carbocycles. The minimum Gasteiger partial charge on any atom is -0.465 e. The van der Waals surface area contributed by atoms with Crippen molar-refractivity contribution < 1.29 is 27.9 Å². The predicted molar refractivity (Wildman–Crippen MR) is 178 cm³/mol. The predicted octanol–water partition coefficient (Wildman–Crippen LogP) is 5.93. The van der Waals surface area contributed by atoms with E-state index in [9.17, 15) is 9.59 Å². The maximum Gasteiger partial charge on any atom is 0.339 e. The van der Waals surface area contributed by atoms with E-state index >= 15 is 4.39 Å². The van der Waals surface area contributed by atoms with Gasteiger partial charge >= 0.3 is 5.97 Å². The van der Waals surface area contributed by atoms with E-state index in [0.29, 0.717) is 55.1 Å². The number of hydrogen-bond donors (Lipinski definition) is 0. The maximum atomic E-state index is 15.1. The molecule has 0 saturated carbocycles. The molecule has 10 heteroatoms. The van der Waals surface area contributed by atoms with Crippen LogP contribution in [0.1, 0.15) is 58.3 Å². The first-order valence-electron chi connectivity index (χ1n) is 16.3. The molecule has 8 nitrogen and oxygen atoms in total. The van der Waals surface area contributed by atoms with Gasteiger partial charge in [-0.15, -0.1) is 0 Å². The second kappa shape index (κ2) is 12.7. The number of aromatic nitrogens is 1. The minimum absolute atomic E-state index is 0.0191. The summed E-state index contributed by atoms with van der Waals surface area (Å²) in [5, 5.41) is 0.0191. The highest BCUT2D eigenvalue weighted by molar-refractivity contribution is 6.74. The van der Waals surface area contributed by atoms with Crippen molar-refractivity contribution >= 4 is 20.2 Å². The van der Waals surface area contributed by atoms with Crippen LogP contribution in [0.4, 0.5) is 4.39 Å². The van der Waals surface area contributed by atoms with Crippen LogP contribution in [-0.4, -0.2) is 86.7 Å². The van der Waals surface area contributed by atoms with E-state index in [-0.39, 0.29) is 23.1 Å². The van der Waals surface area contributed by atoms with Crippen molar-refractivity contribution in [3.63, 3.8) is 0 Å². The molecule has 6 rings (SSSR count). The Kier molecular flexibility index (Phi) is 9.01. The van der Waals surface area contributed by atoms with Crippen LogP contribution < -0.4 is 0 Å². The molecule has 0 spiro atoms. The van der Waals surface area contributed by atoms with E-state index in [2.05, 4.69) is 50.9 Å². The van der Waals surface area contributed by atoms with Gasteiger partial charge < -0.3 is 23.4 Å². The van der Waals surface area contributed by atoms with Gasteiger partial charge in [-0.25, -0.2) is 9.18 Å². The molecular weight excluding hydrogens is 601 g/mol. The quantitative estimate of drug-likeness (QED) is 0.234. The van der Waals surface area contributed by atoms with Gasteiger partial charge in [-0.1, -0.05) is 45.0 Å². The summed E-state index contributed by atoms with van der Waals surface area (Å²) >= 11 is 0. The molecular formula is C36H46FN3O5Si. The van der Waals surface area contributed by atoms with Crippen molar-refractivity contribution in [1.82, 2.24) is 14.4 Å². The number of carbonyl (C=O) groups is 2. The average molecular weight is 648 g/mol. The number of nitrogens with zero attached hydrogens (tertiary/aromatic N) is 3. The van der Waals surface area contributed by atoms with Crippen molar-refractivity contribution in [2.75, 3.05) is 40.0 Å². The van der Waals surface area contributed by atoms with Gasteiger partial charge in [0.2, 0.25) is 0 Å². The topological polar surface area (TPSA) is 73.2 Å². The number of benzene rings is 2. The van der Waals surface area contributed by atoms with Gasteiger partial charge in [-0.2, -0.15) is 0 Å². The zero-order valence-electron chi connectivity index (χ0n) is 27.9. The summed E-state index contributed by atoms with van der Waals surface area (Å²) < 4.78 is 34.6. The molecule has 0 radical (unpaired) electrons. The van der Waals surface area contributed by atoms with Crippen LogP contribution in [0.2, 0.25) is 18.1 Å². The Morgan fingerprint density at radius 1 is 1.00 bits per heavy atom. The third kappa shape index (κ3) is 6.32. The van der Waals surface area contributed by atoms with E-state index in [1.807, 2.05) is 21.6 Å². The third-order valence-corrected chi connectivity index (χ3v) is 14.9. The van der Waals surface area contributed by atoms with Crippen LogP contribution >= 0.6 is 0 Å². The summed E-state index contributed by atoms with van der Waals surface area (Å²) in [6.07, 6.45) is 1.15. The normalized spacial score (nSPS) is 20.4. The molecule has 0 N–H and O–H groups in total. The van der Waals surface area contributed by atoms with Crippen molar-refractivity contribution in [2.24, 2.45) is 0 Å². The monoisotopic (exact) mass is 647 g/mol. The molecule has 1 saturated heterocycles. The molecule has 3 aliphatic rings. The molecule has 1 fully saturated rings. The summed E-state index contributed by atoms with van der Waals surface area (Å²) in [4.78, 5) is 32.0. The number of rotatable bonds is 7. The Morgan fingerprint density at radius 2 is 1.72 bits per heavy atom. The molecule has 46 heavy (non-hydrogen) atoms. The van der Waals surface area contributed by atoms with Crippen molar-refractivity contribution in [3.05, 3.63) is 82.3 Å². The number of morpholine rings is 1. The lowest BCUT2D eigenvalue weighted by Gasteiger charge is -2.40. The summed E-state index contributed by atoms with van der Waals surface area (Å²) in [7, 11) is -0.744. The van der Waals surface area contributed by atoms with Gasteiger partial charge in [0, 0.05) is 62.0 Å². The van der Waals surface area contributed by atoms with E-state index in [1.165, 1.54) is 24.8 Å². The SMILES string of the molecule is COC(=O)c1cc(-c2cc(F)ccc2C(=O)N2Cc3ccccc3C[C@H]2CN2CCOCC2)n2c1C[C@@H](O[Si](C)(C)C(C)(C)C)C2. The number of halogens is 1. The lowest BCUT2D eigenvalue weighted by Crippen LogP contribution is -2.52. The van der Waals surface area contributed by atoms with E-state index in [1.54, 1.807) is 12.1 Å². The number of amides is 1. The van der Waals surface area contributed by atoms with Crippen LogP contribution in [0, 0.1) is 5.82 Å². The van der Waals surface area contributed by atoms with Gasteiger partial charge in [0.25, 0.3) is 5.91 Å². The fourth-order valence-corrected chi connectivity index (χ4v) is 8.17. The van der Waals surface area contributed by atoms with Gasteiger partial charge in [0.1, 0.15) is 5.82 Å². The van der Waals surface area contributed by atoms with Gasteiger partial charge in [-0.3, -0.25) is 9.69 Å². The molecule has 0 bridgehead atoms. The summed E-state index contributed by atoms with van der Waals surface area (Å²) in [5.41, 5.74) is 5.12. The van der Waals surface area contributed by atoms with E-state index < -0.39 is 20.1 Å². The van der Waals surface area contributed by atoms with Crippen LogP contribution in [0.3, 0.4) is 0 Å². The Balaban J connectivity index is 1.38. The molecule has 1 amide bonds.